The first-order chi connectivity index (χ1) is 7.11. The number of ether oxygens (including phenoxy) is 1. The number of carboxylic acid groups (broad SMARTS) is 1. The molecule has 0 aliphatic heterocycles. The van der Waals surface area contributed by atoms with E-state index in [4.69, 9.17) is 10.8 Å². The Morgan fingerprint density at radius 1 is 1.67 bits per heavy atom. The lowest BCUT2D eigenvalue weighted by Gasteiger charge is -2.09. The van der Waals surface area contributed by atoms with Crippen molar-refractivity contribution >= 4 is 23.3 Å². The number of thiophene rings is 1. The third-order valence-corrected chi connectivity index (χ3v) is 2.89. The highest BCUT2D eigenvalue weighted by Gasteiger charge is 2.25. The first-order valence-corrected chi connectivity index (χ1v) is 5.08. The van der Waals surface area contributed by atoms with Crippen LogP contribution in [0.2, 0.25) is 0 Å². The first kappa shape index (κ1) is 11.7. The highest BCUT2D eigenvalue weighted by Crippen LogP contribution is 2.25. The summed E-state index contributed by atoms with van der Waals surface area (Å²) in [6.07, 6.45) is 0. The van der Waals surface area contributed by atoms with Gasteiger partial charge in [-0.1, -0.05) is 0 Å². The van der Waals surface area contributed by atoms with Crippen LogP contribution in [-0.2, 0) is 9.53 Å². The third-order valence-electron chi connectivity index (χ3n) is 1.98. The summed E-state index contributed by atoms with van der Waals surface area (Å²) in [5.74, 6) is -2.42. The molecule has 0 aliphatic carbocycles. The summed E-state index contributed by atoms with van der Waals surface area (Å²) >= 11 is 1.15. The van der Waals surface area contributed by atoms with E-state index in [-0.39, 0.29) is 6.54 Å². The number of carboxylic acids is 1. The van der Waals surface area contributed by atoms with Gasteiger partial charge in [-0.05, 0) is 17.0 Å². The van der Waals surface area contributed by atoms with E-state index in [0.29, 0.717) is 10.4 Å². The maximum absolute atomic E-state index is 11.3. The van der Waals surface area contributed by atoms with E-state index < -0.39 is 17.9 Å². The Hall–Kier alpha value is -1.40. The van der Waals surface area contributed by atoms with Gasteiger partial charge in [0.2, 0.25) is 0 Å². The van der Waals surface area contributed by atoms with E-state index in [1.54, 1.807) is 11.4 Å². The average Bonchev–Trinajstić information content (AvgIpc) is 2.66. The van der Waals surface area contributed by atoms with Gasteiger partial charge in [0.05, 0.1) is 13.0 Å². The normalized spacial score (nSPS) is 12.1. The minimum atomic E-state index is -1.04. The van der Waals surface area contributed by atoms with Crippen LogP contribution in [0, 0.1) is 0 Å². The summed E-state index contributed by atoms with van der Waals surface area (Å²) in [7, 11) is 1.25. The Bertz CT molecular complexity index is 374. The lowest BCUT2D eigenvalue weighted by Crippen LogP contribution is -2.22. The second-order valence-electron chi connectivity index (χ2n) is 2.82. The molecule has 1 aromatic rings. The molecule has 0 amide bonds. The second kappa shape index (κ2) is 4.90. The maximum Gasteiger partial charge on any atom is 0.348 e. The van der Waals surface area contributed by atoms with E-state index in [1.807, 2.05) is 0 Å². The monoisotopic (exact) mass is 229 g/mol. The number of rotatable bonds is 4. The molecule has 0 radical (unpaired) electrons. The summed E-state index contributed by atoms with van der Waals surface area (Å²) in [6.45, 7) is -0.0456. The zero-order valence-corrected chi connectivity index (χ0v) is 8.91. The van der Waals surface area contributed by atoms with Crippen molar-refractivity contribution < 1.29 is 19.4 Å². The standard InChI is InChI=1S/C9H11NO4S/c1-14-9(13)7-5(2-3-15-7)6(4-10)8(11)12/h2-3,6H,4,10H2,1H3,(H,11,12). The van der Waals surface area contributed by atoms with Crippen molar-refractivity contribution in [3.63, 3.8) is 0 Å². The predicted molar refractivity (Wildman–Crippen MR) is 55.1 cm³/mol. The number of methoxy groups -OCH3 is 1. The molecule has 82 valence electrons. The molecule has 15 heavy (non-hydrogen) atoms. The Kier molecular flexibility index (Phi) is 3.81. The molecule has 0 fully saturated rings. The molecular weight excluding hydrogens is 218 g/mol. The summed E-state index contributed by atoms with van der Waals surface area (Å²) in [6, 6.07) is 1.59. The van der Waals surface area contributed by atoms with Gasteiger partial charge < -0.3 is 15.6 Å². The van der Waals surface area contributed by atoms with Gasteiger partial charge in [0, 0.05) is 6.54 Å². The SMILES string of the molecule is COC(=O)c1sccc1C(CN)C(=O)O. The Morgan fingerprint density at radius 2 is 2.33 bits per heavy atom. The minimum absolute atomic E-state index is 0.0456. The van der Waals surface area contributed by atoms with E-state index in [1.165, 1.54) is 7.11 Å². The number of hydrogen-bond acceptors (Lipinski definition) is 5. The molecule has 0 saturated heterocycles. The zero-order valence-electron chi connectivity index (χ0n) is 8.10. The Balaban J connectivity index is 3.08. The predicted octanol–water partition coefficient (Wildman–Crippen LogP) is 0.662. The number of carbonyl (C=O) groups excluding carboxylic acids is 1. The number of carbonyl (C=O) groups is 2. The fourth-order valence-corrected chi connectivity index (χ4v) is 2.09. The highest BCUT2D eigenvalue weighted by molar-refractivity contribution is 7.12. The summed E-state index contributed by atoms with van der Waals surface area (Å²) in [5.41, 5.74) is 5.77. The molecule has 0 aromatic carbocycles. The highest BCUT2D eigenvalue weighted by atomic mass is 32.1. The van der Waals surface area contributed by atoms with Gasteiger partial charge >= 0.3 is 11.9 Å². The topological polar surface area (TPSA) is 89.6 Å². The fourth-order valence-electron chi connectivity index (χ4n) is 1.21. The molecule has 3 N–H and O–H groups in total. The maximum atomic E-state index is 11.3. The van der Waals surface area contributed by atoms with Crippen molar-refractivity contribution in [3.05, 3.63) is 21.9 Å². The second-order valence-corrected chi connectivity index (χ2v) is 3.74. The van der Waals surface area contributed by atoms with Crippen LogP contribution in [0.25, 0.3) is 0 Å². The average molecular weight is 229 g/mol. The van der Waals surface area contributed by atoms with Crippen molar-refractivity contribution in [3.8, 4) is 0 Å². The van der Waals surface area contributed by atoms with Gasteiger partial charge in [0.25, 0.3) is 0 Å². The van der Waals surface area contributed by atoms with Crippen molar-refractivity contribution in [1.82, 2.24) is 0 Å². The van der Waals surface area contributed by atoms with Crippen LogP contribution in [0.1, 0.15) is 21.2 Å². The van der Waals surface area contributed by atoms with Gasteiger partial charge in [-0.15, -0.1) is 11.3 Å². The molecule has 0 bridgehead atoms. The lowest BCUT2D eigenvalue weighted by molar-refractivity contribution is -0.138. The zero-order chi connectivity index (χ0) is 11.4. The molecule has 0 aliphatic rings. The number of hydrogen-bond donors (Lipinski definition) is 2. The molecule has 1 atom stereocenters. The summed E-state index contributed by atoms with van der Waals surface area (Å²) < 4.78 is 4.55. The van der Waals surface area contributed by atoms with Crippen LogP contribution in [0.5, 0.6) is 0 Å². The third kappa shape index (κ3) is 2.34. The smallest absolute Gasteiger partial charge is 0.348 e. The fraction of sp³-hybridized carbons (Fsp3) is 0.333. The quantitative estimate of drug-likeness (QED) is 0.740. The van der Waals surface area contributed by atoms with E-state index in [2.05, 4.69) is 4.74 Å². The van der Waals surface area contributed by atoms with E-state index >= 15 is 0 Å². The molecule has 1 heterocycles. The van der Waals surface area contributed by atoms with Crippen molar-refractivity contribution in [2.45, 2.75) is 5.92 Å². The molecule has 1 aromatic heterocycles. The van der Waals surface area contributed by atoms with Gasteiger partial charge in [0.15, 0.2) is 0 Å². The summed E-state index contributed by atoms with van der Waals surface area (Å²) in [5, 5.41) is 10.5. The Labute approximate surface area is 90.5 Å². The first-order valence-electron chi connectivity index (χ1n) is 4.20. The van der Waals surface area contributed by atoms with Crippen LogP contribution < -0.4 is 5.73 Å². The van der Waals surface area contributed by atoms with Gasteiger partial charge in [0.1, 0.15) is 4.88 Å². The minimum Gasteiger partial charge on any atom is -0.481 e. The number of esters is 1. The van der Waals surface area contributed by atoms with Crippen LogP contribution in [0.3, 0.4) is 0 Å². The van der Waals surface area contributed by atoms with E-state index in [0.717, 1.165) is 11.3 Å². The van der Waals surface area contributed by atoms with Crippen LogP contribution in [-0.4, -0.2) is 30.7 Å². The molecular formula is C9H11NO4S. The van der Waals surface area contributed by atoms with E-state index in [9.17, 15) is 9.59 Å². The molecule has 1 unspecified atom stereocenters. The summed E-state index contributed by atoms with van der Waals surface area (Å²) in [4.78, 5) is 22.5. The number of aliphatic carboxylic acids is 1. The lowest BCUT2D eigenvalue weighted by atomic mass is 10.0. The molecule has 5 nitrogen and oxygen atoms in total. The molecule has 6 heteroatoms. The van der Waals surface area contributed by atoms with Crippen LogP contribution in [0.15, 0.2) is 11.4 Å². The van der Waals surface area contributed by atoms with Crippen LogP contribution >= 0.6 is 11.3 Å². The van der Waals surface area contributed by atoms with Crippen molar-refractivity contribution in [1.29, 1.82) is 0 Å². The van der Waals surface area contributed by atoms with Gasteiger partial charge in [-0.2, -0.15) is 0 Å². The van der Waals surface area contributed by atoms with Crippen LogP contribution in [0.4, 0.5) is 0 Å². The molecule has 1 rings (SSSR count). The molecule has 0 spiro atoms. The Morgan fingerprint density at radius 3 is 2.80 bits per heavy atom. The molecule has 0 saturated carbocycles. The largest absolute Gasteiger partial charge is 0.481 e. The number of nitrogens with two attached hydrogens (primary N) is 1. The van der Waals surface area contributed by atoms with Gasteiger partial charge in [-0.3, -0.25) is 4.79 Å². The van der Waals surface area contributed by atoms with Crippen molar-refractivity contribution in [2.24, 2.45) is 5.73 Å². The van der Waals surface area contributed by atoms with Crippen molar-refractivity contribution in [2.75, 3.05) is 13.7 Å². The van der Waals surface area contributed by atoms with Gasteiger partial charge in [-0.25, -0.2) is 4.79 Å².